The van der Waals surface area contributed by atoms with Crippen LogP contribution in [-0.2, 0) is 4.79 Å². The summed E-state index contributed by atoms with van der Waals surface area (Å²) in [4.78, 5) is 31.4. The summed E-state index contributed by atoms with van der Waals surface area (Å²) >= 11 is 0.204. The Morgan fingerprint density at radius 2 is 1.92 bits per heavy atom. The zero-order chi connectivity index (χ0) is 17.4. The molecule has 126 valence electrons. The zero-order valence-electron chi connectivity index (χ0n) is 12.4. The highest BCUT2D eigenvalue weighted by atomic mass is 32.2. The Hall–Kier alpha value is -2.55. The van der Waals surface area contributed by atoms with Crippen LogP contribution in [-0.4, -0.2) is 34.1 Å². The molecule has 0 bridgehead atoms. The van der Waals surface area contributed by atoms with Gasteiger partial charge in [0.05, 0.1) is 5.56 Å². The summed E-state index contributed by atoms with van der Waals surface area (Å²) in [5.41, 5.74) is 0.654. The van der Waals surface area contributed by atoms with Crippen molar-refractivity contribution < 1.29 is 18.4 Å². The second kappa shape index (κ2) is 8.92. The van der Waals surface area contributed by atoms with Gasteiger partial charge >= 0.3 is 0 Å². The minimum Gasteiger partial charge on any atom is -0.351 e. The molecule has 6 nitrogen and oxygen atoms in total. The van der Waals surface area contributed by atoms with Gasteiger partial charge in [-0.05, 0) is 36.0 Å². The number of rotatable bonds is 7. The van der Waals surface area contributed by atoms with Crippen molar-refractivity contribution in [2.24, 2.45) is 0 Å². The first-order valence-electron chi connectivity index (χ1n) is 6.94. The second-order valence-electron chi connectivity index (χ2n) is 4.52. The van der Waals surface area contributed by atoms with Gasteiger partial charge in [-0.1, -0.05) is 0 Å². The molecule has 0 atom stereocenters. The Balaban J connectivity index is 1.84. The van der Waals surface area contributed by atoms with Crippen molar-refractivity contribution in [2.45, 2.75) is 17.2 Å². The highest BCUT2D eigenvalue weighted by Crippen LogP contribution is 2.26. The minimum absolute atomic E-state index is 0.0473. The Morgan fingerprint density at radius 3 is 2.62 bits per heavy atom. The topological polar surface area (TPSA) is 84.0 Å². The number of hydrogen-bond acceptors (Lipinski definition) is 5. The molecular weight excluding hydrogens is 338 g/mol. The van der Waals surface area contributed by atoms with E-state index in [4.69, 9.17) is 0 Å². The molecule has 2 aromatic heterocycles. The lowest BCUT2D eigenvalue weighted by Gasteiger charge is -2.09. The van der Waals surface area contributed by atoms with Gasteiger partial charge in [0.25, 0.3) is 11.7 Å². The smallest absolute Gasteiger partial charge is 0.290 e. The number of nitrogens with one attached hydrogen (secondary N) is 2. The summed E-state index contributed by atoms with van der Waals surface area (Å²) in [6, 6.07) is 6.17. The number of anilines is 1. The third-order valence-electron chi connectivity index (χ3n) is 2.82. The van der Waals surface area contributed by atoms with Crippen LogP contribution in [0.5, 0.6) is 0 Å². The van der Waals surface area contributed by atoms with Gasteiger partial charge in [0, 0.05) is 37.2 Å². The number of pyridine rings is 2. The molecule has 24 heavy (non-hydrogen) atoms. The van der Waals surface area contributed by atoms with Crippen molar-refractivity contribution in [3.63, 3.8) is 0 Å². The van der Waals surface area contributed by atoms with Crippen molar-refractivity contribution in [3.8, 4) is 0 Å². The van der Waals surface area contributed by atoms with Gasteiger partial charge in [0.1, 0.15) is 5.03 Å². The summed E-state index contributed by atoms with van der Waals surface area (Å²) in [6.07, 6.45) is 4.47. The molecule has 0 aromatic carbocycles. The van der Waals surface area contributed by atoms with Crippen LogP contribution >= 0.6 is 11.8 Å². The number of amides is 2. The maximum absolute atomic E-state index is 12.5. The lowest BCUT2D eigenvalue weighted by Crippen LogP contribution is -2.28. The van der Waals surface area contributed by atoms with Crippen LogP contribution in [0.3, 0.4) is 0 Å². The Morgan fingerprint density at radius 1 is 1.17 bits per heavy atom. The lowest BCUT2D eigenvalue weighted by atomic mass is 10.2. The molecule has 2 N–H and O–H groups in total. The number of thioether (sulfide) groups is 1. The average Bonchev–Trinajstić information content (AvgIpc) is 2.55. The highest BCUT2D eigenvalue weighted by Gasteiger charge is 2.16. The third kappa shape index (κ3) is 5.58. The summed E-state index contributed by atoms with van der Waals surface area (Å²) in [5.74, 6) is -3.50. The summed E-state index contributed by atoms with van der Waals surface area (Å²) in [7, 11) is 0. The highest BCUT2D eigenvalue weighted by molar-refractivity contribution is 7.99. The van der Waals surface area contributed by atoms with E-state index in [1.807, 2.05) is 0 Å². The first-order valence-corrected chi connectivity index (χ1v) is 7.82. The van der Waals surface area contributed by atoms with E-state index in [0.29, 0.717) is 5.69 Å². The van der Waals surface area contributed by atoms with Crippen LogP contribution in [0, 0.1) is 0 Å². The van der Waals surface area contributed by atoms with Gasteiger partial charge in [-0.15, -0.1) is 0 Å². The van der Waals surface area contributed by atoms with Crippen molar-refractivity contribution in [1.82, 2.24) is 15.3 Å². The summed E-state index contributed by atoms with van der Waals surface area (Å²) < 4.78 is 24.9. The number of halogens is 2. The number of carbonyl (C=O) groups is 2. The monoisotopic (exact) mass is 352 g/mol. The summed E-state index contributed by atoms with van der Waals surface area (Å²) in [5, 5.41) is 5.12. The molecular formula is C15H14F2N4O2S. The first-order chi connectivity index (χ1) is 11.6. The predicted molar refractivity (Wildman–Crippen MR) is 85.9 cm³/mol. The van der Waals surface area contributed by atoms with Crippen molar-refractivity contribution >= 4 is 29.3 Å². The number of aromatic nitrogens is 2. The van der Waals surface area contributed by atoms with Crippen LogP contribution in [0.4, 0.5) is 14.5 Å². The summed E-state index contributed by atoms with van der Waals surface area (Å²) in [6.45, 7) is 0.0728. The molecule has 0 unspecified atom stereocenters. The second-order valence-corrected chi connectivity index (χ2v) is 5.50. The van der Waals surface area contributed by atoms with Crippen LogP contribution in [0.1, 0.15) is 16.8 Å². The molecule has 0 aliphatic carbocycles. The maximum Gasteiger partial charge on any atom is 0.290 e. The maximum atomic E-state index is 12.5. The molecule has 0 aliphatic rings. The normalized spacial score (nSPS) is 10.5. The van der Waals surface area contributed by atoms with E-state index in [1.54, 1.807) is 24.5 Å². The molecule has 2 heterocycles. The number of hydrogen-bond donors (Lipinski definition) is 2. The van der Waals surface area contributed by atoms with Crippen molar-refractivity contribution in [2.75, 3.05) is 11.9 Å². The Kier molecular flexibility index (Phi) is 6.62. The van der Waals surface area contributed by atoms with E-state index in [9.17, 15) is 18.4 Å². The fourth-order valence-corrected chi connectivity index (χ4v) is 2.36. The average molecular weight is 352 g/mol. The van der Waals surface area contributed by atoms with E-state index in [2.05, 4.69) is 20.6 Å². The van der Waals surface area contributed by atoms with Gasteiger partial charge in [-0.3, -0.25) is 14.6 Å². The van der Waals surface area contributed by atoms with E-state index in [1.165, 1.54) is 18.3 Å². The molecule has 0 fully saturated rings. The molecule has 0 spiro atoms. The van der Waals surface area contributed by atoms with Crippen molar-refractivity contribution in [3.05, 3.63) is 48.4 Å². The van der Waals surface area contributed by atoms with Crippen molar-refractivity contribution in [1.29, 1.82) is 0 Å². The Labute approximate surface area is 141 Å². The number of carbonyl (C=O) groups excluding carboxylic acids is 2. The molecule has 0 aliphatic heterocycles. The van der Waals surface area contributed by atoms with E-state index < -0.39 is 11.7 Å². The van der Waals surface area contributed by atoms with Crippen LogP contribution < -0.4 is 10.6 Å². The first kappa shape index (κ1) is 17.8. The molecule has 2 amide bonds. The molecule has 9 heteroatoms. The van der Waals surface area contributed by atoms with Crippen LogP contribution in [0.2, 0.25) is 0 Å². The fraction of sp³-hybridized carbons (Fsp3) is 0.200. The molecule has 0 radical (unpaired) electrons. The minimum atomic E-state index is -2.67. The standard InChI is InChI=1S/C15H14F2N4O2S/c16-15(17)24-14-11(2-1-6-20-14)13(23)19-9-5-12(22)21-10-3-7-18-8-4-10/h1-4,6-8,15H,5,9H2,(H,19,23)(H,18,21,22). The number of nitrogens with zero attached hydrogens (tertiary/aromatic N) is 2. The van der Waals surface area contributed by atoms with E-state index in [0.717, 1.165) is 0 Å². The molecule has 2 aromatic rings. The van der Waals surface area contributed by atoms with Gasteiger partial charge in [-0.2, -0.15) is 8.78 Å². The molecule has 0 saturated carbocycles. The van der Waals surface area contributed by atoms with Crippen LogP contribution in [0.25, 0.3) is 0 Å². The number of alkyl halides is 2. The van der Waals surface area contributed by atoms with Gasteiger partial charge in [0.2, 0.25) is 5.91 Å². The van der Waals surface area contributed by atoms with E-state index in [-0.39, 0.29) is 41.2 Å². The quantitative estimate of drug-likeness (QED) is 0.748. The van der Waals surface area contributed by atoms with Gasteiger partial charge in [-0.25, -0.2) is 4.98 Å². The molecule has 2 rings (SSSR count). The SMILES string of the molecule is O=C(CCNC(=O)c1cccnc1SC(F)F)Nc1ccncc1. The largest absolute Gasteiger partial charge is 0.351 e. The zero-order valence-corrected chi connectivity index (χ0v) is 13.2. The van der Waals surface area contributed by atoms with Crippen LogP contribution in [0.15, 0.2) is 47.9 Å². The van der Waals surface area contributed by atoms with Gasteiger partial charge in [0.15, 0.2) is 0 Å². The third-order valence-corrected chi connectivity index (χ3v) is 3.54. The predicted octanol–water partition coefficient (Wildman–Crippen LogP) is 2.55. The lowest BCUT2D eigenvalue weighted by molar-refractivity contribution is -0.116. The van der Waals surface area contributed by atoms with E-state index >= 15 is 0 Å². The van der Waals surface area contributed by atoms with Gasteiger partial charge < -0.3 is 10.6 Å². The molecule has 0 saturated heterocycles. The fourth-order valence-electron chi connectivity index (χ4n) is 1.79. The Bertz CT molecular complexity index is 701.